The molecule has 1 N–H and O–H groups in total. The Hall–Kier alpha value is -1.51. The van der Waals surface area contributed by atoms with Crippen LogP contribution in [0.5, 0.6) is 5.75 Å². The van der Waals surface area contributed by atoms with Crippen LogP contribution in [0, 0.1) is 6.92 Å². The predicted octanol–water partition coefficient (Wildman–Crippen LogP) is 3.14. The van der Waals surface area contributed by atoms with Gasteiger partial charge in [0, 0.05) is 0 Å². The first kappa shape index (κ1) is 13.6. The summed E-state index contributed by atoms with van der Waals surface area (Å²) in [7, 11) is 0. The standard InChI is InChI=1S/C14H20O3/c1-9-6-7-11(14(3,4)5)12(8-9)17-10(2)13(15)16/h6-8,10H,1-5H3,(H,15,16)/t10-/m1/s1. The van der Waals surface area contributed by atoms with Gasteiger partial charge in [-0.05, 0) is 36.5 Å². The molecule has 0 aliphatic rings. The summed E-state index contributed by atoms with van der Waals surface area (Å²) < 4.78 is 5.51. The third-order valence-electron chi connectivity index (χ3n) is 2.60. The van der Waals surface area contributed by atoms with Crippen LogP contribution in [0.1, 0.15) is 38.8 Å². The van der Waals surface area contributed by atoms with Gasteiger partial charge in [0.1, 0.15) is 5.75 Å². The Balaban J connectivity index is 3.12. The second-order valence-corrected chi connectivity index (χ2v) is 5.35. The number of carboxylic acid groups (broad SMARTS) is 1. The molecule has 3 nitrogen and oxygen atoms in total. The van der Waals surface area contributed by atoms with Gasteiger partial charge in [-0.3, -0.25) is 0 Å². The first-order valence-corrected chi connectivity index (χ1v) is 5.72. The summed E-state index contributed by atoms with van der Waals surface area (Å²) in [6.07, 6.45) is -0.835. The van der Waals surface area contributed by atoms with Crippen molar-refractivity contribution in [3.05, 3.63) is 29.3 Å². The highest BCUT2D eigenvalue weighted by atomic mass is 16.5. The van der Waals surface area contributed by atoms with E-state index in [1.165, 1.54) is 6.92 Å². The van der Waals surface area contributed by atoms with Gasteiger partial charge >= 0.3 is 5.97 Å². The minimum Gasteiger partial charge on any atom is -0.479 e. The molecular weight excluding hydrogens is 216 g/mol. The lowest BCUT2D eigenvalue weighted by molar-refractivity contribution is -0.144. The van der Waals surface area contributed by atoms with Gasteiger partial charge in [0.25, 0.3) is 0 Å². The Bertz CT molecular complexity index is 416. The first-order chi connectivity index (χ1) is 7.71. The van der Waals surface area contributed by atoms with Crippen LogP contribution in [0.15, 0.2) is 18.2 Å². The molecule has 1 aromatic rings. The van der Waals surface area contributed by atoms with Crippen LogP contribution in [0.2, 0.25) is 0 Å². The van der Waals surface area contributed by atoms with E-state index in [2.05, 4.69) is 20.8 Å². The molecule has 17 heavy (non-hydrogen) atoms. The first-order valence-electron chi connectivity index (χ1n) is 5.72. The molecule has 0 fully saturated rings. The molecule has 0 bridgehead atoms. The van der Waals surface area contributed by atoms with Crippen molar-refractivity contribution < 1.29 is 14.6 Å². The van der Waals surface area contributed by atoms with Gasteiger partial charge in [-0.2, -0.15) is 0 Å². The fraction of sp³-hybridized carbons (Fsp3) is 0.500. The SMILES string of the molecule is Cc1ccc(C(C)(C)C)c(O[C@H](C)C(=O)O)c1. The maximum atomic E-state index is 10.8. The Morgan fingerprint density at radius 1 is 1.35 bits per heavy atom. The molecule has 0 saturated carbocycles. The van der Waals surface area contributed by atoms with Crippen LogP contribution in [-0.4, -0.2) is 17.2 Å². The summed E-state index contributed by atoms with van der Waals surface area (Å²) in [4.78, 5) is 10.8. The van der Waals surface area contributed by atoms with Gasteiger partial charge in [-0.1, -0.05) is 32.9 Å². The minimum absolute atomic E-state index is 0.0682. The number of carbonyl (C=O) groups is 1. The summed E-state index contributed by atoms with van der Waals surface area (Å²) in [5.41, 5.74) is 2.02. The van der Waals surface area contributed by atoms with Gasteiger partial charge in [0.05, 0.1) is 0 Å². The maximum absolute atomic E-state index is 10.8. The second kappa shape index (κ2) is 4.78. The molecule has 0 spiro atoms. The molecule has 1 atom stereocenters. The molecule has 0 radical (unpaired) electrons. The van der Waals surface area contributed by atoms with Crippen LogP contribution in [-0.2, 0) is 10.2 Å². The lowest BCUT2D eigenvalue weighted by atomic mass is 9.86. The fourth-order valence-electron chi connectivity index (χ4n) is 1.59. The largest absolute Gasteiger partial charge is 0.479 e. The molecular formula is C14H20O3. The van der Waals surface area contributed by atoms with Crippen LogP contribution >= 0.6 is 0 Å². The number of hydrogen-bond donors (Lipinski definition) is 1. The van der Waals surface area contributed by atoms with E-state index in [0.717, 1.165) is 11.1 Å². The zero-order valence-electron chi connectivity index (χ0n) is 11.1. The Kier molecular flexibility index (Phi) is 3.81. The fourth-order valence-corrected chi connectivity index (χ4v) is 1.59. The van der Waals surface area contributed by atoms with E-state index in [9.17, 15) is 4.79 Å². The number of benzene rings is 1. The number of aryl methyl sites for hydroxylation is 1. The Labute approximate surface area is 102 Å². The van der Waals surface area contributed by atoms with Gasteiger partial charge < -0.3 is 9.84 Å². The van der Waals surface area contributed by atoms with Crippen LogP contribution in [0.4, 0.5) is 0 Å². The van der Waals surface area contributed by atoms with E-state index in [4.69, 9.17) is 9.84 Å². The Morgan fingerprint density at radius 2 is 1.94 bits per heavy atom. The number of aliphatic carboxylic acids is 1. The quantitative estimate of drug-likeness (QED) is 0.877. The molecule has 0 aliphatic carbocycles. The highest BCUT2D eigenvalue weighted by Gasteiger charge is 2.21. The Morgan fingerprint density at radius 3 is 2.41 bits per heavy atom. The molecule has 1 aromatic carbocycles. The normalized spacial score (nSPS) is 13.2. The van der Waals surface area contributed by atoms with Crippen LogP contribution in [0.25, 0.3) is 0 Å². The van der Waals surface area contributed by atoms with Crippen molar-refractivity contribution in [2.45, 2.75) is 46.1 Å². The van der Waals surface area contributed by atoms with Crippen molar-refractivity contribution in [3.63, 3.8) is 0 Å². The van der Waals surface area contributed by atoms with Crippen molar-refractivity contribution in [2.75, 3.05) is 0 Å². The summed E-state index contributed by atoms with van der Waals surface area (Å²) >= 11 is 0. The zero-order valence-corrected chi connectivity index (χ0v) is 11.1. The van der Waals surface area contributed by atoms with Crippen molar-refractivity contribution in [3.8, 4) is 5.75 Å². The molecule has 0 saturated heterocycles. The summed E-state index contributed by atoms with van der Waals surface area (Å²) in [5.74, 6) is -0.293. The second-order valence-electron chi connectivity index (χ2n) is 5.35. The van der Waals surface area contributed by atoms with Gasteiger partial charge in [-0.25, -0.2) is 4.79 Å². The van der Waals surface area contributed by atoms with Gasteiger partial charge in [0.2, 0.25) is 0 Å². The third kappa shape index (κ3) is 3.48. The predicted molar refractivity (Wildman–Crippen MR) is 67.6 cm³/mol. The number of rotatable bonds is 3. The molecule has 94 valence electrons. The highest BCUT2D eigenvalue weighted by molar-refractivity contribution is 5.72. The average molecular weight is 236 g/mol. The lowest BCUT2D eigenvalue weighted by Gasteiger charge is -2.24. The average Bonchev–Trinajstić information content (AvgIpc) is 2.15. The van der Waals surface area contributed by atoms with E-state index in [0.29, 0.717) is 5.75 Å². The number of carboxylic acids is 1. The number of ether oxygens (including phenoxy) is 1. The highest BCUT2D eigenvalue weighted by Crippen LogP contribution is 2.32. The number of hydrogen-bond acceptors (Lipinski definition) is 2. The van der Waals surface area contributed by atoms with Gasteiger partial charge in [0.15, 0.2) is 6.10 Å². The molecule has 0 amide bonds. The lowest BCUT2D eigenvalue weighted by Crippen LogP contribution is -2.25. The van der Waals surface area contributed by atoms with Crippen molar-refractivity contribution in [2.24, 2.45) is 0 Å². The van der Waals surface area contributed by atoms with E-state index in [1.54, 1.807) is 0 Å². The monoisotopic (exact) mass is 236 g/mol. The van der Waals surface area contributed by atoms with Crippen molar-refractivity contribution >= 4 is 5.97 Å². The van der Waals surface area contributed by atoms with Gasteiger partial charge in [-0.15, -0.1) is 0 Å². The summed E-state index contributed by atoms with van der Waals surface area (Å²) in [6, 6.07) is 5.90. The molecule has 0 aromatic heterocycles. The summed E-state index contributed by atoms with van der Waals surface area (Å²) in [5, 5.41) is 8.88. The third-order valence-corrected chi connectivity index (χ3v) is 2.60. The minimum atomic E-state index is -0.952. The van der Waals surface area contributed by atoms with Crippen LogP contribution in [0.3, 0.4) is 0 Å². The van der Waals surface area contributed by atoms with E-state index in [1.807, 2.05) is 25.1 Å². The van der Waals surface area contributed by atoms with E-state index >= 15 is 0 Å². The van der Waals surface area contributed by atoms with Crippen LogP contribution < -0.4 is 4.74 Å². The van der Waals surface area contributed by atoms with Crippen molar-refractivity contribution in [1.29, 1.82) is 0 Å². The van der Waals surface area contributed by atoms with E-state index < -0.39 is 12.1 Å². The van der Waals surface area contributed by atoms with E-state index in [-0.39, 0.29) is 5.41 Å². The summed E-state index contributed by atoms with van der Waals surface area (Å²) in [6.45, 7) is 9.74. The maximum Gasteiger partial charge on any atom is 0.344 e. The molecule has 1 rings (SSSR count). The van der Waals surface area contributed by atoms with Crippen molar-refractivity contribution in [1.82, 2.24) is 0 Å². The molecule has 0 heterocycles. The molecule has 3 heteroatoms. The molecule has 0 unspecified atom stereocenters. The topological polar surface area (TPSA) is 46.5 Å². The molecule has 0 aliphatic heterocycles. The smallest absolute Gasteiger partial charge is 0.344 e. The zero-order chi connectivity index (χ0) is 13.2.